The largest absolute Gasteiger partial charge is 0.488 e. The highest BCUT2D eigenvalue weighted by atomic mass is 16.5. The zero-order chi connectivity index (χ0) is 12.3. The molecular weight excluding hydrogens is 217 g/mol. The molecule has 0 bridgehead atoms. The molecule has 1 heterocycles. The number of nitrogens with zero attached hydrogens (tertiary/aromatic N) is 1. The molecule has 2 N–H and O–H groups in total. The Hall–Kier alpha value is -1.04. The number of piperidine rings is 1. The van der Waals surface area contributed by atoms with Crippen LogP contribution in [0.2, 0.25) is 0 Å². The summed E-state index contributed by atoms with van der Waals surface area (Å²) in [6, 6.07) is 7.37. The summed E-state index contributed by atoms with van der Waals surface area (Å²) in [5.41, 5.74) is 1.66. The number of anilines is 1. The lowest BCUT2D eigenvalue weighted by Crippen LogP contribution is -2.37. The molecule has 0 aliphatic carbocycles. The summed E-state index contributed by atoms with van der Waals surface area (Å²) in [6.07, 6.45) is 2.46. The zero-order valence-electron chi connectivity index (χ0n) is 10.0. The van der Waals surface area contributed by atoms with Gasteiger partial charge < -0.3 is 19.7 Å². The van der Waals surface area contributed by atoms with Crippen molar-refractivity contribution in [3.63, 3.8) is 0 Å². The second-order valence-corrected chi connectivity index (χ2v) is 4.39. The van der Waals surface area contributed by atoms with Crippen LogP contribution in [0.4, 0.5) is 5.69 Å². The van der Waals surface area contributed by atoms with Gasteiger partial charge in [0.25, 0.3) is 0 Å². The van der Waals surface area contributed by atoms with E-state index in [0.29, 0.717) is 11.6 Å². The number of rotatable bonds is 3. The summed E-state index contributed by atoms with van der Waals surface area (Å²) >= 11 is 0. The first-order valence-electron chi connectivity index (χ1n) is 5.94. The second kappa shape index (κ2) is 5.53. The minimum atomic E-state index is -1.39. The highest BCUT2D eigenvalue weighted by molar-refractivity contribution is 6.58. The summed E-state index contributed by atoms with van der Waals surface area (Å²) in [7, 11) is 0.376. The Morgan fingerprint density at radius 3 is 2.24 bits per heavy atom. The molecule has 4 nitrogen and oxygen atoms in total. The third kappa shape index (κ3) is 3.00. The molecule has 1 aromatic rings. The Kier molecular flexibility index (Phi) is 4.04. The van der Waals surface area contributed by atoms with Gasteiger partial charge in [0.15, 0.2) is 0 Å². The predicted octanol–water partition coefficient (Wildman–Crippen LogP) is -0.0184. The maximum absolute atomic E-state index is 9.02. The fraction of sp³-hybridized carbons (Fsp3) is 0.500. The highest BCUT2D eigenvalue weighted by Crippen LogP contribution is 2.20. The number of hydrogen-bond acceptors (Lipinski definition) is 4. The highest BCUT2D eigenvalue weighted by Gasteiger charge is 2.19. The van der Waals surface area contributed by atoms with Gasteiger partial charge in [0.05, 0.1) is 6.10 Å². The van der Waals surface area contributed by atoms with Gasteiger partial charge in [0, 0.05) is 25.9 Å². The van der Waals surface area contributed by atoms with Crippen LogP contribution in [0.5, 0.6) is 0 Å². The fourth-order valence-electron chi connectivity index (χ4n) is 2.21. The molecule has 0 saturated carbocycles. The molecule has 1 aliphatic heterocycles. The van der Waals surface area contributed by atoms with Crippen LogP contribution in [0, 0.1) is 0 Å². The predicted molar refractivity (Wildman–Crippen MR) is 68.5 cm³/mol. The van der Waals surface area contributed by atoms with Crippen molar-refractivity contribution in [2.24, 2.45) is 0 Å². The van der Waals surface area contributed by atoms with Crippen molar-refractivity contribution in [1.82, 2.24) is 0 Å². The first kappa shape index (κ1) is 12.4. The Morgan fingerprint density at radius 1 is 1.18 bits per heavy atom. The molecule has 0 spiro atoms. The lowest BCUT2D eigenvalue weighted by Gasteiger charge is -2.33. The third-order valence-electron chi connectivity index (χ3n) is 3.33. The molecule has 5 heteroatoms. The summed E-state index contributed by atoms with van der Waals surface area (Å²) in [4.78, 5) is 2.29. The van der Waals surface area contributed by atoms with Crippen molar-refractivity contribution < 1.29 is 14.8 Å². The molecule has 0 atom stereocenters. The first-order valence-corrected chi connectivity index (χ1v) is 5.94. The number of hydrogen-bond donors (Lipinski definition) is 2. The molecule has 0 aromatic heterocycles. The Balaban J connectivity index is 1.99. The lowest BCUT2D eigenvalue weighted by atomic mass is 9.80. The molecule has 0 unspecified atom stereocenters. The van der Waals surface area contributed by atoms with Gasteiger partial charge in [-0.3, -0.25) is 0 Å². The summed E-state index contributed by atoms with van der Waals surface area (Å²) in [6.45, 7) is 1.97. The minimum absolute atomic E-state index is 0.379. The van der Waals surface area contributed by atoms with Crippen LogP contribution in [0.15, 0.2) is 24.3 Å². The standard InChI is InChI=1S/C12H18BNO3/c1-17-12-6-8-14(9-7-12)11-4-2-10(3-5-11)13(15)16/h2-5,12,15-16H,6-9H2,1H3. The van der Waals surface area contributed by atoms with Gasteiger partial charge in [0.2, 0.25) is 0 Å². The Labute approximate surface area is 102 Å². The molecule has 17 heavy (non-hydrogen) atoms. The van der Waals surface area contributed by atoms with Gasteiger partial charge in [0.1, 0.15) is 0 Å². The average Bonchev–Trinajstić information content (AvgIpc) is 2.39. The van der Waals surface area contributed by atoms with Gasteiger partial charge in [-0.1, -0.05) is 12.1 Å². The number of methoxy groups -OCH3 is 1. The maximum atomic E-state index is 9.02. The maximum Gasteiger partial charge on any atom is 0.488 e. The topological polar surface area (TPSA) is 52.9 Å². The molecule has 1 saturated heterocycles. The Bertz CT molecular complexity index is 347. The van der Waals surface area contributed by atoms with E-state index in [0.717, 1.165) is 31.6 Å². The van der Waals surface area contributed by atoms with Crippen LogP contribution in [-0.2, 0) is 4.74 Å². The second-order valence-electron chi connectivity index (χ2n) is 4.39. The smallest absolute Gasteiger partial charge is 0.423 e. The van der Waals surface area contributed by atoms with Gasteiger partial charge in [-0.2, -0.15) is 0 Å². The molecule has 0 amide bonds. The SMILES string of the molecule is COC1CCN(c2ccc(B(O)O)cc2)CC1. The quantitative estimate of drug-likeness (QED) is 0.723. The van der Waals surface area contributed by atoms with Crippen LogP contribution in [0.1, 0.15) is 12.8 Å². The molecule has 0 radical (unpaired) electrons. The molecule has 2 rings (SSSR count). The van der Waals surface area contributed by atoms with E-state index in [2.05, 4.69) is 4.90 Å². The van der Waals surface area contributed by atoms with Crippen molar-refractivity contribution in [3.8, 4) is 0 Å². The average molecular weight is 235 g/mol. The van der Waals surface area contributed by atoms with Crippen LogP contribution in [-0.4, -0.2) is 43.5 Å². The van der Waals surface area contributed by atoms with E-state index in [1.54, 1.807) is 19.2 Å². The third-order valence-corrected chi connectivity index (χ3v) is 3.33. The van der Waals surface area contributed by atoms with Crippen molar-refractivity contribution >= 4 is 18.3 Å². The van der Waals surface area contributed by atoms with E-state index in [9.17, 15) is 0 Å². The zero-order valence-corrected chi connectivity index (χ0v) is 10.0. The monoisotopic (exact) mass is 235 g/mol. The van der Waals surface area contributed by atoms with Crippen molar-refractivity contribution in [1.29, 1.82) is 0 Å². The van der Waals surface area contributed by atoms with E-state index in [1.807, 2.05) is 12.1 Å². The summed E-state index contributed by atoms with van der Waals surface area (Å²) in [5, 5.41) is 18.0. The lowest BCUT2D eigenvalue weighted by molar-refractivity contribution is 0.0819. The molecule has 1 aromatic carbocycles. The first-order chi connectivity index (χ1) is 8.20. The van der Waals surface area contributed by atoms with Crippen LogP contribution >= 0.6 is 0 Å². The normalized spacial score (nSPS) is 17.2. The molecule has 1 fully saturated rings. The van der Waals surface area contributed by atoms with Crippen LogP contribution in [0.3, 0.4) is 0 Å². The van der Waals surface area contributed by atoms with Gasteiger partial charge in [-0.05, 0) is 30.4 Å². The number of benzene rings is 1. The number of ether oxygens (including phenoxy) is 1. The fourth-order valence-corrected chi connectivity index (χ4v) is 2.21. The van der Waals surface area contributed by atoms with Crippen molar-refractivity contribution in [3.05, 3.63) is 24.3 Å². The van der Waals surface area contributed by atoms with Crippen LogP contribution in [0.25, 0.3) is 0 Å². The summed E-state index contributed by atoms with van der Waals surface area (Å²) in [5.74, 6) is 0. The van der Waals surface area contributed by atoms with E-state index < -0.39 is 7.12 Å². The van der Waals surface area contributed by atoms with Gasteiger partial charge in [-0.25, -0.2) is 0 Å². The minimum Gasteiger partial charge on any atom is -0.423 e. The van der Waals surface area contributed by atoms with Gasteiger partial charge >= 0.3 is 7.12 Å². The summed E-state index contributed by atoms with van der Waals surface area (Å²) < 4.78 is 5.33. The van der Waals surface area contributed by atoms with E-state index >= 15 is 0 Å². The van der Waals surface area contributed by atoms with E-state index in [1.165, 1.54) is 0 Å². The van der Waals surface area contributed by atoms with Gasteiger partial charge in [-0.15, -0.1) is 0 Å². The van der Waals surface area contributed by atoms with Crippen molar-refractivity contribution in [2.75, 3.05) is 25.1 Å². The van der Waals surface area contributed by atoms with Crippen molar-refractivity contribution in [2.45, 2.75) is 18.9 Å². The van der Waals surface area contributed by atoms with E-state index in [-0.39, 0.29) is 0 Å². The molecule has 92 valence electrons. The Morgan fingerprint density at radius 2 is 1.76 bits per heavy atom. The molecular formula is C12H18BNO3. The molecule has 1 aliphatic rings. The van der Waals surface area contributed by atoms with Crippen LogP contribution < -0.4 is 10.4 Å². The van der Waals surface area contributed by atoms with E-state index in [4.69, 9.17) is 14.8 Å².